The van der Waals surface area contributed by atoms with Crippen molar-refractivity contribution in [1.29, 1.82) is 0 Å². The van der Waals surface area contributed by atoms with Crippen LogP contribution in [0.15, 0.2) is 87.8 Å². The lowest BCUT2D eigenvalue weighted by molar-refractivity contribution is -0.658. The van der Waals surface area contributed by atoms with Crippen molar-refractivity contribution in [3.05, 3.63) is 94.0 Å². The summed E-state index contributed by atoms with van der Waals surface area (Å²) in [6, 6.07) is 12.8. The Morgan fingerprint density at radius 2 is 1.84 bits per heavy atom. The van der Waals surface area contributed by atoms with Gasteiger partial charge in [0, 0.05) is 35.0 Å². The summed E-state index contributed by atoms with van der Waals surface area (Å²) in [7, 11) is 2.04. The highest BCUT2D eigenvalue weighted by molar-refractivity contribution is 6.30. The molecule has 1 unspecified atom stereocenters. The molecule has 0 saturated heterocycles. The number of benzene rings is 1. The molecule has 7 heteroatoms. The third kappa shape index (κ3) is 6.55. The van der Waals surface area contributed by atoms with Crippen LogP contribution in [0.25, 0.3) is 0 Å². The van der Waals surface area contributed by atoms with Gasteiger partial charge in [-0.2, -0.15) is 0 Å². The lowest BCUT2D eigenvalue weighted by atomic mass is 9.81. The van der Waals surface area contributed by atoms with Crippen molar-refractivity contribution >= 4 is 34.8 Å². The summed E-state index contributed by atoms with van der Waals surface area (Å²) in [5, 5.41) is 9.91. The Labute approximate surface area is 267 Å². The molecule has 3 heterocycles. The Hall–Kier alpha value is -3.11. The molecule has 0 fully saturated rings. The quantitative estimate of drug-likeness (QED) is 0.238. The molecule has 5 rings (SSSR count). The summed E-state index contributed by atoms with van der Waals surface area (Å²) in [6.07, 6.45) is 14.4. The second-order valence-corrected chi connectivity index (χ2v) is 13.2. The molecule has 0 spiro atoms. The zero-order valence-corrected chi connectivity index (χ0v) is 27.5. The third-order valence-corrected chi connectivity index (χ3v) is 9.67. The summed E-state index contributed by atoms with van der Waals surface area (Å²) in [6.45, 7) is 9.84. The van der Waals surface area contributed by atoms with Crippen molar-refractivity contribution in [2.45, 2.75) is 83.5 Å². The van der Waals surface area contributed by atoms with Crippen molar-refractivity contribution in [3.8, 4) is 0 Å². The van der Waals surface area contributed by atoms with Gasteiger partial charge in [-0.25, -0.2) is 4.57 Å². The van der Waals surface area contributed by atoms with Crippen LogP contribution in [0, 0.1) is 5.92 Å². The molecule has 1 aromatic carbocycles. The van der Waals surface area contributed by atoms with E-state index < -0.39 is 5.97 Å². The maximum Gasteiger partial charge on any atom is 0.327 e. The van der Waals surface area contributed by atoms with Gasteiger partial charge in [-0.1, -0.05) is 42.3 Å². The van der Waals surface area contributed by atoms with E-state index in [4.69, 9.17) is 21.7 Å². The Bertz CT molecular complexity index is 1540. The molecule has 1 N–H and O–H groups in total. The predicted octanol–water partition coefficient (Wildman–Crippen LogP) is 5.21. The van der Waals surface area contributed by atoms with Crippen molar-refractivity contribution in [1.82, 2.24) is 0 Å². The standard InChI is InChI=1S/C36H42ClN3O2.ClH/c1-35(2)28-16-12-23-39(5)34(28)38-30(35)21-19-25-13-11-14-26(33(25)37)20-22-31-36(3,4)27-15-8-9-17-29(27)40(31)24-10-6-7-18-32(41)42;/h8-9,12,15-17,19-21,23,26H,6-7,10-11,13-14,18,24H2,1-5H3;1H/b21-19+;. The number of pyridine rings is 1. The SMILES string of the molecule is C[n+]1cccc2c1N=C(/C=C/C1=C(Cl)C(C=C=C3N(CCCCCC(=O)O)c4ccccc4C3(C)C)CCC1)C2(C)C.[Cl-]. The van der Waals surface area contributed by atoms with Gasteiger partial charge < -0.3 is 22.4 Å². The van der Waals surface area contributed by atoms with Gasteiger partial charge in [0.15, 0.2) is 5.71 Å². The topological polar surface area (TPSA) is 56.8 Å². The number of nitrogens with zero attached hydrogens (tertiary/aromatic N) is 3. The van der Waals surface area contributed by atoms with Gasteiger partial charge >= 0.3 is 11.8 Å². The average Bonchev–Trinajstić information content (AvgIpc) is 3.34. The maximum atomic E-state index is 10.9. The van der Waals surface area contributed by atoms with Gasteiger partial charge in [-0.3, -0.25) is 4.79 Å². The summed E-state index contributed by atoms with van der Waals surface area (Å²) < 4.78 is 2.08. The zero-order valence-electron chi connectivity index (χ0n) is 26.0. The van der Waals surface area contributed by atoms with Crippen LogP contribution in [-0.4, -0.2) is 23.3 Å². The number of hydrogen-bond donors (Lipinski definition) is 1. The number of carboxylic acids is 1. The normalized spacial score (nSPS) is 20.0. The highest BCUT2D eigenvalue weighted by Gasteiger charge is 2.42. The Balaban J connectivity index is 0.00000423. The number of aliphatic carboxylic acids is 1. The first-order valence-electron chi connectivity index (χ1n) is 15.2. The number of allylic oxidation sites excluding steroid dienone is 5. The zero-order chi connectivity index (χ0) is 30.1. The summed E-state index contributed by atoms with van der Waals surface area (Å²) in [4.78, 5) is 18.3. The van der Waals surface area contributed by atoms with Gasteiger partial charge in [0.1, 0.15) is 0 Å². The van der Waals surface area contributed by atoms with Gasteiger partial charge in [0.05, 0.1) is 29.9 Å². The van der Waals surface area contributed by atoms with Crippen LogP contribution in [0.5, 0.6) is 0 Å². The number of anilines is 1. The number of aliphatic imine (C=N–C) groups is 1. The second kappa shape index (κ2) is 13.3. The van der Waals surface area contributed by atoms with Crippen LogP contribution in [0.1, 0.15) is 83.8 Å². The van der Waals surface area contributed by atoms with E-state index in [1.165, 1.54) is 22.4 Å². The Kier molecular flexibility index (Phi) is 10.1. The van der Waals surface area contributed by atoms with Gasteiger partial charge in [0.25, 0.3) is 0 Å². The number of halogens is 2. The number of carboxylic acid groups (broad SMARTS) is 1. The van der Waals surface area contributed by atoms with Crippen molar-refractivity contribution < 1.29 is 26.9 Å². The Morgan fingerprint density at radius 3 is 2.58 bits per heavy atom. The van der Waals surface area contributed by atoms with Crippen molar-refractivity contribution in [3.63, 3.8) is 0 Å². The number of rotatable bonds is 9. The molecule has 5 nitrogen and oxygen atoms in total. The van der Waals surface area contributed by atoms with Crippen LogP contribution < -0.4 is 21.9 Å². The number of aryl methyl sites for hydroxylation is 1. The average molecular weight is 621 g/mol. The minimum Gasteiger partial charge on any atom is -1.00 e. The molecule has 2 aliphatic heterocycles. The molecule has 2 aromatic rings. The molecule has 43 heavy (non-hydrogen) atoms. The van der Waals surface area contributed by atoms with E-state index in [1.807, 2.05) is 13.2 Å². The molecular formula is C36H43Cl2N3O2. The molecule has 228 valence electrons. The summed E-state index contributed by atoms with van der Waals surface area (Å²) >= 11 is 7.09. The van der Waals surface area contributed by atoms with Crippen molar-refractivity contribution in [2.24, 2.45) is 18.0 Å². The first-order valence-corrected chi connectivity index (χ1v) is 15.6. The summed E-state index contributed by atoms with van der Waals surface area (Å²) in [5.41, 5.74) is 10.6. The molecular weight excluding hydrogens is 577 g/mol. The van der Waals surface area contributed by atoms with Crippen LogP contribution in [0.2, 0.25) is 0 Å². The first-order chi connectivity index (χ1) is 20.0. The fourth-order valence-corrected chi connectivity index (χ4v) is 6.91. The van der Waals surface area contributed by atoms with Crippen LogP contribution >= 0.6 is 11.6 Å². The lowest BCUT2D eigenvalue weighted by Crippen LogP contribution is -3.00. The van der Waals surface area contributed by atoms with Gasteiger partial charge in [0.2, 0.25) is 0 Å². The predicted molar refractivity (Wildman–Crippen MR) is 172 cm³/mol. The van der Waals surface area contributed by atoms with E-state index in [0.717, 1.165) is 60.9 Å². The molecule has 0 bridgehead atoms. The fraction of sp³-hybridized carbons (Fsp3) is 0.444. The molecule has 0 radical (unpaired) electrons. The van der Waals surface area contributed by atoms with Gasteiger partial charge in [-0.15, -0.1) is 5.73 Å². The molecule has 1 aliphatic carbocycles. The minimum absolute atomic E-state index is 0. The minimum atomic E-state index is -0.725. The number of carbonyl (C=O) groups is 1. The smallest absolute Gasteiger partial charge is 0.327 e. The fourth-order valence-electron chi connectivity index (χ4n) is 6.58. The Morgan fingerprint density at radius 1 is 1.09 bits per heavy atom. The van der Waals surface area contributed by atoms with Crippen LogP contribution in [0.4, 0.5) is 11.5 Å². The van der Waals surface area contributed by atoms with E-state index in [1.54, 1.807) is 0 Å². The number of hydrogen-bond acceptors (Lipinski definition) is 3. The second-order valence-electron chi connectivity index (χ2n) is 12.8. The largest absolute Gasteiger partial charge is 1.00 e. The number of para-hydroxylation sites is 1. The molecule has 3 aliphatic rings. The van der Waals surface area contributed by atoms with E-state index in [-0.39, 0.29) is 35.6 Å². The molecule has 1 atom stereocenters. The lowest BCUT2D eigenvalue weighted by Gasteiger charge is -2.26. The highest BCUT2D eigenvalue weighted by atomic mass is 35.5. The molecule has 0 saturated carbocycles. The van der Waals surface area contributed by atoms with Crippen LogP contribution in [0.3, 0.4) is 0 Å². The molecule has 0 amide bonds. The summed E-state index contributed by atoms with van der Waals surface area (Å²) in [5.74, 6) is 0.417. The highest BCUT2D eigenvalue weighted by Crippen LogP contribution is 2.47. The first kappa shape index (κ1) is 32.8. The third-order valence-electron chi connectivity index (χ3n) is 9.15. The van der Waals surface area contributed by atoms with Crippen LogP contribution in [-0.2, 0) is 22.7 Å². The number of aromatic nitrogens is 1. The van der Waals surface area contributed by atoms with E-state index in [0.29, 0.717) is 6.42 Å². The van der Waals surface area contributed by atoms with E-state index in [2.05, 4.69) is 97.5 Å². The van der Waals surface area contributed by atoms with E-state index >= 15 is 0 Å². The maximum absolute atomic E-state index is 10.9. The monoisotopic (exact) mass is 619 g/mol. The molecule has 1 aromatic heterocycles. The number of fused-ring (bicyclic) bond motifs is 2. The van der Waals surface area contributed by atoms with Crippen molar-refractivity contribution in [2.75, 3.05) is 11.4 Å². The number of unbranched alkanes of at least 4 members (excludes halogenated alkanes) is 2. The van der Waals surface area contributed by atoms with E-state index in [9.17, 15) is 4.79 Å². The van der Waals surface area contributed by atoms with Gasteiger partial charge in [-0.05, 0) is 106 Å².